The molecule has 0 aliphatic carbocycles. The first-order valence-electron chi connectivity index (χ1n) is 5.51. The van der Waals surface area contributed by atoms with Gasteiger partial charge in [0.25, 0.3) is 0 Å². The van der Waals surface area contributed by atoms with Crippen molar-refractivity contribution in [2.75, 3.05) is 0 Å². The SMILES string of the molecule is C[C@@H]1O[C@@H](Sc2ccccc2)[C@@H](O)[C@@H](O)[C@H]1O. The van der Waals surface area contributed by atoms with Crippen LogP contribution in [0.3, 0.4) is 0 Å². The summed E-state index contributed by atoms with van der Waals surface area (Å²) in [5.74, 6) is 0. The second-order valence-electron chi connectivity index (χ2n) is 4.11. The van der Waals surface area contributed by atoms with Crippen molar-refractivity contribution in [3.63, 3.8) is 0 Å². The molecule has 0 unspecified atom stereocenters. The summed E-state index contributed by atoms with van der Waals surface area (Å²) in [6, 6.07) is 9.51. The van der Waals surface area contributed by atoms with Crippen LogP contribution in [0.2, 0.25) is 0 Å². The molecule has 2 rings (SSSR count). The minimum atomic E-state index is -1.17. The van der Waals surface area contributed by atoms with Crippen LogP contribution in [0.5, 0.6) is 0 Å². The normalized spacial score (nSPS) is 38.0. The van der Waals surface area contributed by atoms with Crippen molar-refractivity contribution in [1.29, 1.82) is 0 Å². The van der Waals surface area contributed by atoms with E-state index in [0.29, 0.717) is 0 Å². The Labute approximate surface area is 104 Å². The zero-order valence-corrected chi connectivity index (χ0v) is 10.2. The molecule has 0 aromatic heterocycles. The quantitative estimate of drug-likeness (QED) is 0.723. The molecule has 1 aliphatic rings. The smallest absolute Gasteiger partial charge is 0.136 e. The van der Waals surface area contributed by atoms with E-state index in [-0.39, 0.29) is 0 Å². The zero-order valence-electron chi connectivity index (χ0n) is 9.43. The molecule has 0 radical (unpaired) electrons. The minimum absolute atomic E-state index is 0.491. The molecule has 1 aromatic rings. The van der Waals surface area contributed by atoms with Gasteiger partial charge in [-0.25, -0.2) is 0 Å². The lowest BCUT2D eigenvalue weighted by Crippen LogP contribution is -2.55. The fourth-order valence-corrected chi connectivity index (χ4v) is 2.86. The summed E-state index contributed by atoms with van der Waals surface area (Å²) in [5, 5.41) is 29.1. The summed E-state index contributed by atoms with van der Waals surface area (Å²) < 4.78 is 5.49. The van der Waals surface area contributed by atoms with Crippen LogP contribution in [0.15, 0.2) is 35.2 Å². The number of ether oxygens (including phenoxy) is 1. The highest BCUT2D eigenvalue weighted by Gasteiger charge is 2.42. The summed E-state index contributed by atoms with van der Waals surface area (Å²) in [7, 11) is 0. The van der Waals surface area contributed by atoms with Crippen molar-refractivity contribution < 1.29 is 20.1 Å². The molecule has 1 fully saturated rings. The lowest BCUT2D eigenvalue weighted by Gasteiger charge is -2.38. The highest BCUT2D eigenvalue weighted by Crippen LogP contribution is 2.32. The van der Waals surface area contributed by atoms with Crippen molar-refractivity contribution in [3.05, 3.63) is 30.3 Å². The number of benzene rings is 1. The third-order valence-electron chi connectivity index (χ3n) is 2.80. The number of rotatable bonds is 2. The van der Waals surface area contributed by atoms with Crippen LogP contribution in [-0.2, 0) is 4.74 Å². The molecule has 0 amide bonds. The first-order chi connectivity index (χ1) is 8.09. The minimum Gasteiger partial charge on any atom is -0.388 e. The molecule has 1 saturated heterocycles. The van der Waals surface area contributed by atoms with Gasteiger partial charge in [0.15, 0.2) is 0 Å². The lowest BCUT2D eigenvalue weighted by atomic mass is 10.0. The summed E-state index contributed by atoms with van der Waals surface area (Å²) in [6.07, 6.45) is -3.79. The highest BCUT2D eigenvalue weighted by atomic mass is 32.2. The third kappa shape index (κ3) is 2.81. The van der Waals surface area contributed by atoms with Crippen molar-refractivity contribution in [2.45, 2.75) is 41.7 Å². The van der Waals surface area contributed by atoms with E-state index in [2.05, 4.69) is 0 Å². The molecule has 0 bridgehead atoms. The Morgan fingerprint density at radius 3 is 2.29 bits per heavy atom. The maximum Gasteiger partial charge on any atom is 0.136 e. The predicted octanol–water partition coefficient (Wildman–Crippen LogP) is 0.606. The van der Waals surface area contributed by atoms with Gasteiger partial charge in [-0.1, -0.05) is 30.0 Å². The van der Waals surface area contributed by atoms with Gasteiger partial charge >= 0.3 is 0 Å². The van der Waals surface area contributed by atoms with Crippen LogP contribution in [0, 0.1) is 0 Å². The Morgan fingerprint density at radius 2 is 1.65 bits per heavy atom. The molecule has 1 heterocycles. The van der Waals surface area contributed by atoms with Crippen LogP contribution >= 0.6 is 11.8 Å². The second-order valence-corrected chi connectivity index (χ2v) is 5.28. The Bertz CT molecular complexity index is 359. The van der Waals surface area contributed by atoms with Crippen molar-refractivity contribution in [1.82, 2.24) is 0 Å². The van der Waals surface area contributed by atoms with E-state index < -0.39 is 29.9 Å². The highest BCUT2D eigenvalue weighted by molar-refractivity contribution is 7.99. The van der Waals surface area contributed by atoms with Gasteiger partial charge in [0.2, 0.25) is 0 Å². The van der Waals surface area contributed by atoms with Gasteiger partial charge < -0.3 is 20.1 Å². The maximum absolute atomic E-state index is 9.83. The van der Waals surface area contributed by atoms with E-state index >= 15 is 0 Å². The van der Waals surface area contributed by atoms with Gasteiger partial charge in [0, 0.05) is 4.90 Å². The van der Waals surface area contributed by atoms with Crippen LogP contribution in [0.25, 0.3) is 0 Å². The molecule has 94 valence electrons. The van der Waals surface area contributed by atoms with E-state index in [4.69, 9.17) is 4.74 Å². The topological polar surface area (TPSA) is 69.9 Å². The standard InChI is InChI=1S/C12H16O4S/c1-7-9(13)10(14)11(15)12(16-7)17-8-5-3-2-4-6-8/h2-7,9-15H,1H3/t7-,9-,10-,11-,12-/m0/s1. The Hall–Kier alpha value is -0.590. The lowest BCUT2D eigenvalue weighted by molar-refractivity contribution is -0.192. The average molecular weight is 256 g/mol. The number of thioether (sulfide) groups is 1. The molecule has 3 N–H and O–H groups in total. The molecule has 0 spiro atoms. The number of hydrogen-bond acceptors (Lipinski definition) is 5. The Kier molecular flexibility index (Phi) is 4.06. The summed E-state index contributed by atoms with van der Waals surface area (Å²) in [5.41, 5.74) is -0.564. The molecular weight excluding hydrogens is 240 g/mol. The van der Waals surface area contributed by atoms with Crippen molar-refractivity contribution >= 4 is 11.8 Å². The molecule has 0 saturated carbocycles. The van der Waals surface area contributed by atoms with Gasteiger partial charge in [-0.2, -0.15) is 0 Å². The maximum atomic E-state index is 9.83. The molecule has 1 aliphatic heterocycles. The third-order valence-corrected chi connectivity index (χ3v) is 3.97. The van der Waals surface area contributed by atoms with Crippen molar-refractivity contribution in [3.8, 4) is 0 Å². The number of aliphatic hydroxyl groups is 3. The van der Waals surface area contributed by atoms with Crippen LogP contribution in [0.1, 0.15) is 6.92 Å². The first kappa shape index (κ1) is 12.9. The summed E-state index contributed by atoms with van der Waals surface area (Å²) in [6.45, 7) is 1.68. The van der Waals surface area contributed by atoms with Crippen molar-refractivity contribution in [2.24, 2.45) is 0 Å². The van der Waals surface area contributed by atoms with Crippen LogP contribution in [0.4, 0.5) is 0 Å². The monoisotopic (exact) mass is 256 g/mol. The zero-order chi connectivity index (χ0) is 12.4. The second kappa shape index (κ2) is 5.37. The van der Waals surface area contributed by atoms with Gasteiger partial charge in [0.1, 0.15) is 23.7 Å². The van der Waals surface area contributed by atoms with E-state index in [0.717, 1.165) is 4.90 Å². The van der Waals surface area contributed by atoms with Gasteiger partial charge in [-0.3, -0.25) is 0 Å². The molecule has 1 aromatic carbocycles. The molecule has 4 nitrogen and oxygen atoms in total. The largest absolute Gasteiger partial charge is 0.388 e. The molecule has 5 atom stereocenters. The molecular formula is C12H16O4S. The van der Waals surface area contributed by atoms with E-state index in [1.807, 2.05) is 30.3 Å². The fourth-order valence-electron chi connectivity index (χ4n) is 1.74. The van der Waals surface area contributed by atoms with E-state index in [1.54, 1.807) is 6.92 Å². The summed E-state index contributed by atoms with van der Waals surface area (Å²) in [4.78, 5) is 0.951. The van der Waals surface area contributed by atoms with Gasteiger partial charge in [-0.05, 0) is 19.1 Å². The van der Waals surface area contributed by atoms with Gasteiger partial charge in [0.05, 0.1) is 6.10 Å². The molecule has 5 heteroatoms. The Morgan fingerprint density at radius 1 is 1.00 bits per heavy atom. The number of hydrogen-bond donors (Lipinski definition) is 3. The molecule has 17 heavy (non-hydrogen) atoms. The van der Waals surface area contributed by atoms with E-state index in [1.165, 1.54) is 11.8 Å². The summed E-state index contributed by atoms with van der Waals surface area (Å²) >= 11 is 1.34. The van der Waals surface area contributed by atoms with Gasteiger partial charge in [-0.15, -0.1) is 0 Å². The van der Waals surface area contributed by atoms with E-state index in [9.17, 15) is 15.3 Å². The average Bonchev–Trinajstić information content (AvgIpc) is 2.35. The predicted molar refractivity (Wildman–Crippen MR) is 64.7 cm³/mol. The van der Waals surface area contributed by atoms with Crippen LogP contribution < -0.4 is 0 Å². The first-order valence-corrected chi connectivity index (χ1v) is 6.39. The Balaban J connectivity index is 2.06. The van der Waals surface area contributed by atoms with Crippen LogP contribution in [-0.4, -0.2) is 45.2 Å². The number of aliphatic hydroxyl groups excluding tert-OH is 3. The fraction of sp³-hybridized carbons (Fsp3) is 0.500.